The van der Waals surface area contributed by atoms with Crippen LogP contribution in [0, 0.1) is 5.92 Å². The first-order valence-electron chi connectivity index (χ1n) is 5.31. The summed E-state index contributed by atoms with van der Waals surface area (Å²) in [4.78, 5) is 17.5. The van der Waals surface area contributed by atoms with Gasteiger partial charge in [0.1, 0.15) is 10.5 Å². The van der Waals surface area contributed by atoms with E-state index in [9.17, 15) is 4.79 Å². The molecule has 1 aliphatic heterocycles. The average molecular weight is 321 g/mol. The van der Waals surface area contributed by atoms with Crippen LogP contribution < -0.4 is 4.90 Å². The Bertz CT molecular complexity index is 412. The van der Waals surface area contributed by atoms with Crippen LogP contribution in [0.5, 0.6) is 0 Å². The van der Waals surface area contributed by atoms with E-state index in [0.29, 0.717) is 6.61 Å². The first kappa shape index (κ1) is 12.8. The van der Waals surface area contributed by atoms with E-state index < -0.39 is 11.9 Å². The Morgan fingerprint density at radius 2 is 2.53 bits per heavy atom. The topological polar surface area (TPSA) is 62.7 Å². The van der Waals surface area contributed by atoms with Crippen LogP contribution in [0.1, 0.15) is 6.92 Å². The molecule has 2 heterocycles. The lowest BCUT2D eigenvalue weighted by Gasteiger charge is -2.28. The van der Waals surface area contributed by atoms with Gasteiger partial charge in [0.15, 0.2) is 5.13 Å². The number of nitrogens with zero attached hydrogens (tertiary/aromatic N) is 2. The number of anilines is 1. The van der Waals surface area contributed by atoms with Gasteiger partial charge < -0.3 is 14.7 Å². The lowest BCUT2D eigenvalue weighted by atomic mass is 10.0. The Morgan fingerprint density at radius 1 is 1.76 bits per heavy atom. The van der Waals surface area contributed by atoms with E-state index in [2.05, 4.69) is 20.9 Å². The molecule has 5 nitrogen and oxygen atoms in total. The molecule has 0 spiro atoms. The van der Waals surface area contributed by atoms with Crippen molar-refractivity contribution in [3.63, 3.8) is 0 Å². The first-order valence-corrected chi connectivity index (χ1v) is 6.99. The second-order valence-electron chi connectivity index (χ2n) is 3.79. The van der Waals surface area contributed by atoms with Crippen molar-refractivity contribution in [3.8, 4) is 0 Å². The number of carbonyl (C=O) groups is 1. The van der Waals surface area contributed by atoms with Gasteiger partial charge in [-0.2, -0.15) is 0 Å². The Balaban J connectivity index is 2.20. The smallest absolute Gasteiger partial charge is 0.311 e. The zero-order chi connectivity index (χ0) is 12.4. The van der Waals surface area contributed by atoms with Gasteiger partial charge in [-0.05, 0) is 22.9 Å². The summed E-state index contributed by atoms with van der Waals surface area (Å²) in [6.45, 7) is 3.44. The summed E-state index contributed by atoms with van der Waals surface area (Å²) < 4.78 is 6.06. The molecule has 0 amide bonds. The predicted molar refractivity (Wildman–Crippen MR) is 68.6 cm³/mol. The van der Waals surface area contributed by atoms with Crippen molar-refractivity contribution in [2.75, 3.05) is 24.7 Å². The highest BCUT2D eigenvalue weighted by Crippen LogP contribution is 2.29. The molecule has 2 rings (SSSR count). The van der Waals surface area contributed by atoms with E-state index in [0.717, 1.165) is 16.3 Å². The van der Waals surface area contributed by atoms with Crippen LogP contribution in [-0.2, 0) is 9.53 Å². The molecule has 0 aliphatic carbocycles. The highest BCUT2D eigenvalue weighted by Gasteiger charge is 2.38. The monoisotopic (exact) mass is 320 g/mol. The van der Waals surface area contributed by atoms with Gasteiger partial charge in [-0.15, -0.1) is 11.3 Å². The number of likely N-dealkylation sites (N-methyl/N-ethyl adjacent to an activating group) is 1. The van der Waals surface area contributed by atoms with Crippen LogP contribution in [-0.4, -0.2) is 41.9 Å². The fourth-order valence-electron chi connectivity index (χ4n) is 1.97. The normalized spacial score (nSPS) is 23.9. The fourth-order valence-corrected chi connectivity index (χ4v) is 3.35. The van der Waals surface area contributed by atoms with E-state index in [-0.39, 0.29) is 12.6 Å². The quantitative estimate of drug-likeness (QED) is 0.917. The summed E-state index contributed by atoms with van der Waals surface area (Å²) >= 11 is 4.81. The number of ether oxygens (including phenoxy) is 1. The van der Waals surface area contributed by atoms with Crippen LogP contribution >= 0.6 is 27.3 Å². The summed E-state index contributed by atoms with van der Waals surface area (Å²) in [6, 6.07) is -0.129. The minimum absolute atomic E-state index is 0.129. The molecule has 17 heavy (non-hydrogen) atoms. The van der Waals surface area contributed by atoms with Crippen molar-refractivity contribution in [3.05, 3.63) is 9.98 Å². The lowest BCUT2D eigenvalue weighted by Crippen LogP contribution is -2.43. The Hall–Kier alpha value is -0.660. The maximum Gasteiger partial charge on any atom is 0.311 e. The van der Waals surface area contributed by atoms with Gasteiger partial charge in [-0.1, -0.05) is 0 Å². The van der Waals surface area contributed by atoms with E-state index >= 15 is 0 Å². The zero-order valence-electron chi connectivity index (χ0n) is 9.30. The second-order valence-corrected chi connectivity index (χ2v) is 5.44. The number of carboxylic acids is 1. The van der Waals surface area contributed by atoms with E-state index in [1.165, 1.54) is 11.3 Å². The molecule has 1 aromatic heterocycles. The number of hydrogen-bond acceptors (Lipinski definition) is 5. The number of aromatic nitrogens is 1. The van der Waals surface area contributed by atoms with E-state index in [1.54, 1.807) is 0 Å². The largest absolute Gasteiger partial charge is 0.481 e. The summed E-state index contributed by atoms with van der Waals surface area (Å²) in [5, 5.41) is 11.9. The van der Waals surface area contributed by atoms with Crippen molar-refractivity contribution in [2.45, 2.75) is 13.0 Å². The lowest BCUT2D eigenvalue weighted by molar-refractivity contribution is -0.141. The molecule has 2 unspecified atom stereocenters. The van der Waals surface area contributed by atoms with Crippen molar-refractivity contribution >= 4 is 38.4 Å². The minimum Gasteiger partial charge on any atom is -0.481 e. The van der Waals surface area contributed by atoms with Crippen molar-refractivity contribution in [1.29, 1.82) is 0 Å². The molecule has 1 aliphatic rings. The summed E-state index contributed by atoms with van der Waals surface area (Å²) in [6.07, 6.45) is 0. The maximum absolute atomic E-state index is 11.1. The van der Waals surface area contributed by atoms with Crippen LogP contribution in [0.2, 0.25) is 0 Å². The molecule has 1 saturated heterocycles. The molecule has 94 valence electrons. The van der Waals surface area contributed by atoms with Gasteiger partial charge in [0, 0.05) is 11.9 Å². The molecule has 1 N–H and O–H groups in total. The molecule has 0 bridgehead atoms. The molecule has 1 aromatic rings. The van der Waals surface area contributed by atoms with Crippen molar-refractivity contribution in [1.82, 2.24) is 4.98 Å². The first-order chi connectivity index (χ1) is 8.13. The summed E-state index contributed by atoms with van der Waals surface area (Å²) in [7, 11) is 0. The standard InChI is InChI=1S/C10H13BrN2O3S/c1-2-13(10-12-8(11)5-17-10)7-4-16-3-6(7)9(14)15/h5-7H,2-4H2,1H3,(H,14,15). The van der Waals surface area contributed by atoms with Gasteiger partial charge in [-0.3, -0.25) is 4.79 Å². The summed E-state index contributed by atoms with van der Waals surface area (Å²) in [5.41, 5.74) is 0. The number of hydrogen-bond donors (Lipinski definition) is 1. The highest BCUT2D eigenvalue weighted by atomic mass is 79.9. The fraction of sp³-hybridized carbons (Fsp3) is 0.600. The molecule has 2 atom stereocenters. The molecular formula is C10H13BrN2O3S. The third-order valence-corrected chi connectivity index (χ3v) is 4.41. The second kappa shape index (κ2) is 5.32. The van der Waals surface area contributed by atoms with Gasteiger partial charge in [0.25, 0.3) is 0 Å². The molecule has 0 saturated carbocycles. The third-order valence-electron chi connectivity index (χ3n) is 2.82. The van der Waals surface area contributed by atoms with Gasteiger partial charge >= 0.3 is 5.97 Å². The van der Waals surface area contributed by atoms with Gasteiger partial charge in [0.05, 0.1) is 19.3 Å². The predicted octanol–water partition coefficient (Wildman–Crippen LogP) is 1.83. The number of halogens is 1. The van der Waals surface area contributed by atoms with Gasteiger partial charge in [0.2, 0.25) is 0 Å². The van der Waals surface area contributed by atoms with Crippen LogP contribution in [0.15, 0.2) is 9.98 Å². The average Bonchev–Trinajstić information content (AvgIpc) is 2.89. The number of aliphatic carboxylic acids is 1. The molecule has 0 radical (unpaired) electrons. The molecule has 1 fully saturated rings. The number of rotatable bonds is 4. The maximum atomic E-state index is 11.1. The number of carboxylic acid groups (broad SMARTS) is 1. The van der Waals surface area contributed by atoms with Crippen LogP contribution in [0.4, 0.5) is 5.13 Å². The van der Waals surface area contributed by atoms with Crippen molar-refractivity contribution in [2.24, 2.45) is 5.92 Å². The van der Waals surface area contributed by atoms with Crippen molar-refractivity contribution < 1.29 is 14.6 Å². The van der Waals surface area contributed by atoms with Gasteiger partial charge in [-0.25, -0.2) is 4.98 Å². The number of thiazole rings is 1. The molecular weight excluding hydrogens is 308 g/mol. The third kappa shape index (κ3) is 2.61. The molecule has 7 heteroatoms. The van der Waals surface area contributed by atoms with E-state index in [4.69, 9.17) is 9.84 Å². The minimum atomic E-state index is -0.804. The SMILES string of the molecule is CCN(c1nc(Br)cs1)C1COCC1C(=O)O. The van der Waals surface area contributed by atoms with Crippen LogP contribution in [0.3, 0.4) is 0 Å². The Morgan fingerprint density at radius 3 is 3.06 bits per heavy atom. The van der Waals surface area contributed by atoms with Crippen LogP contribution in [0.25, 0.3) is 0 Å². The summed E-state index contributed by atoms with van der Waals surface area (Å²) in [5.74, 6) is -1.28. The Labute approximate surface area is 112 Å². The Kier molecular flexibility index (Phi) is 4.01. The zero-order valence-corrected chi connectivity index (χ0v) is 11.7. The highest BCUT2D eigenvalue weighted by molar-refractivity contribution is 9.10. The van der Waals surface area contributed by atoms with E-state index in [1.807, 2.05) is 17.2 Å². The molecule has 0 aromatic carbocycles.